The van der Waals surface area contributed by atoms with Crippen molar-refractivity contribution in [2.24, 2.45) is 0 Å². The molecule has 0 aromatic carbocycles. The Kier molecular flexibility index (Phi) is 6.04. The Bertz CT molecular complexity index is 85.1. The van der Waals surface area contributed by atoms with Crippen LogP contribution in [0.1, 0.15) is 32.6 Å². The topological polar surface area (TPSA) is 29.1 Å². The lowest BCUT2D eigenvalue weighted by Crippen LogP contribution is -2.10. The van der Waals surface area contributed by atoms with Crippen molar-refractivity contribution in [3.8, 4) is 0 Å². The molecule has 0 aromatic rings. The maximum absolute atomic E-state index is 10.5. The summed E-state index contributed by atoms with van der Waals surface area (Å²) in [6.45, 7) is 2.12. The van der Waals surface area contributed by atoms with Gasteiger partial charge in [-0.2, -0.15) is 0 Å². The molecule has 0 aliphatic heterocycles. The van der Waals surface area contributed by atoms with E-state index in [1.54, 1.807) is 0 Å². The number of carbonyl (C=O) groups is 1. The van der Waals surface area contributed by atoms with Crippen molar-refractivity contribution < 1.29 is 4.79 Å². The maximum atomic E-state index is 10.5. The van der Waals surface area contributed by atoms with Gasteiger partial charge in [0.05, 0.1) is 0 Å². The van der Waals surface area contributed by atoms with Crippen LogP contribution in [0.15, 0.2) is 0 Å². The zero-order valence-corrected chi connectivity index (χ0v) is 7.20. The molecule has 3 heteroatoms. The van der Waals surface area contributed by atoms with E-state index in [4.69, 9.17) is 0 Å². The van der Waals surface area contributed by atoms with Crippen LogP contribution in [-0.2, 0) is 4.79 Å². The molecule has 0 fully saturated rings. The van der Waals surface area contributed by atoms with E-state index in [-0.39, 0.29) is 5.91 Å². The molecule has 1 N–H and O–H groups in total. The Morgan fingerprint density at radius 1 is 1.56 bits per heavy atom. The summed E-state index contributed by atoms with van der Waals surface area (Å²) in [7, 11) is 0. The van der Waals surface area contributed by atoms with Crippen LogP contribution in [-0.4, -0.2) is 5.91 Å². The van der Waals surface area contributed by atoms with Crippen LogP contribution in [0.2, 0.25) is 0 Å². The molecule has 0 radical (unpaired) electrons. The fraction of sp³-hybridized carbons (Fsp3) is 0.833. The number of hydrogen-bond donors (Lipinski definition) is 1. The quantitative estimate of drug-likeness (QED) is 0.538. The van der Waals surface area contributed by atoms with Crippen LogP contribution in [0, 0.1) is 0 Å². The lowest BCUT2D eigenvalue weighted by Gasteiger charge is -1.94. The molecule has 0 atom stereocenters. The summed E-state index contributed by atoms with van der Waals surface area (Å²) >= 11 is 2.87. The standard InChI is InChI=1S/C6H12BrNO/c1-2-3-4-5-6(9)8-7/h2-5H2,1H3,(H,8,9). The smallest absolute Gasteiger partial charge is 0.229 e. The van der Waals surface area contributed by atoms with Gasteiger partial charge in [0.2, 0.25) is 5.91 Å². The minimum atomic E-state index is 0.0726. The first-order chi connectivity index (χ1) is 4.31. The minimum Gasteiger partial charge on any atom is -0.293 e. The molecule has 0 spiro atoms. The van der Waals surface area contributed by atoms with Gasteiger partial charge in [-0.15, -0.1) is 0 Å². The molecule has 1 amide bonds. The van der Waals surface area contributed by atoms with Crippen LogP contribution >= 0.6 is 16.1 Å². The maximum Gasteiger partial charge on any atom is 0.229 e. The molecule has 0 unspecified atom stereocenters. The van der Waals surface area contributed by atoms with E-state index in [2.05, 4.69) is 27.4 Å². The Balaban J connectivity index is 2.97. The fourth-order valence-corrected chi connectivity index (χ4v) is 0.781. The predicted octanol–water partition coefficient (Wildman–Crippen LogP) is 1.99. The Hall–Kier alpha value is -0.0500. The Morgan fingerprint density at radius 2 is 2.22 bits per heavy atom. The van der Waals surface area contributed by atoms with Gasteiger partial charge in [0.1, 0.15) is 0 Å². The van der Waals surface area contributed by atoms with Crippen LogP contribution < -0.4 is 4.34 Å². The highest BCUT2D eigenvalue weighted by Crippen LogP contribution is 1.98. The van der Waals surface area contributed by atoms with Gasteiger partial charge in [-0.05, 0) is 6.42 Å². The molecule has 9 heavy (non-hydrogen) atoms. The van der Waals surface area contributed by atoms with Crippen LogP contribution in [0.25, 0.3) is 0 Å². The van der Waals surface area contributed by atoms with Crippen LogP contribution in [0.4, 0.5) is 0 Å². The van der Waals surface area contributed by atoms with Gasteiger partial charge in [0.15, 0.2) is 0 Å². The van der Waals surface area contributed by atoms with E-state index in [1.807, 2.05) is 0 Å². The highest BCUT2D eigenvalue weighted by molar-refractivity contribution is 9.08. The number of halogens is 1. The summed E-state index contributed by atoms with van der Waals surface area (Å²) in [6.07, 6.45) is 3.93. The second-order valence-corrected chi connectivity index (χ2v) is 2.37. The molecule has 54 valence electrons. The van der Waals surface area contributed by atoms with Crippen molar-refractivity contribution >= 4 is 22.1 Å². The highest BCUT2D eigenvalue weighted by atomic mass is 79.9. The highest BCUT2D eigenvalue weighted by Gasteiger charge is 1.95. The normalized spacial score (nSPS) is 9.11. The van der Waals surface area contributed by atoms with Gasteiger partial charge < -0.3 is 0 Å². The van der Waals surface area contributed by atoms with Gasteiger partial charge in [-0.3, -0.25) is 9.14 Å². The molecule has 0 saturated heterocycles. The summed E-state index contributed by atoms with van der Waals surface area (Å²) in [5.74, 6) is 0.0726. The third-order valence-corrected chi connectivity index (χ3v) is 1.56. The first-order valence-electron chi connectivity index (χ1n) is 3.20. The van der Waals surface area contributed by atoms with Crippen molar-refractivity contribution in [3.05, 3.63) is 0 Å². The average molecular weight is 194 g/mol. The van der Waals surface area contributed by atoms with Gasteiger partial charge in [0, 0.05) is 22.6 Å². The summed E-state index contributed by atoms with van der Waals surface area (Å²) in [6, 6.07) is 0. The van der Waals surface area contributed by atoms with Gasteiger partial charge in [-0.25, -0.2) is 0 Å². The van der Waals surface area contributed by atoms with Gasteiger partial charge >= 0.3 is 0 Å². The Labute approximate surface area is 64.4 Å². The molecule has 0 saturated carbocycles. The summed E-state index contributed by atoms with van der Waals surface area (Å²) in [5.41, 5.74) is 0. The zero-order valence-electron chi connectivity index (χ0n) is 5.61. The summed E-state index contributed by atoms with van der Waals surface area (Å²) < 4.78 is 2.40. The van der Waals surface area contributed by atoms with Crippen LogP contribution in [0.3, 0.4) is 0 Å². The lowest BCUT2D eigenvalue weighted by atomic mass is 10.2. The predicted molar refractivity (Wildman–Crippen MR) is 41.2 cm³/mol. The van der Waals surface area contributed by atoms with Crippen molar-refractivity contribution in [2.45, 2.75) is 32.6 Å². The van der Waals surface area contributed by atoms with Crippen molar-refractivity contribution in [3.63, 3.8) is 0 Å². The molecular weight excluding hydrogens is 182 g/mol. The van der Waals surface area contributed by atoms with Gasteiger partial charge in [0.25, 0.3) is 0 Å². The molecule has 0 heterocycles. The van der Waals surface area contributed by atoms with E-state index < -0.39 is 0 Å². The molecule has 0 aromatic heterocycles. The first kappa shape index (κ1) is 8.95. The number of hydrogen-bond acceptors (Lipinski definition) is 1. The minimum absolute atomic E-state index is 0.0726. The van der Waals surface area contributed by atoms with E-state index in [1.165, 1.54) is 0 Å². The number of unbranched alkanes of at least 4 members (excludes halogenated alkanes) is 2. The molecule has 0 aliphatic rings. The average Bonchev–Trinajstić information content (AvgIpc) is 1.89. The SMILES string of the molecule is CCCCCC(=O)NBr. The summed E-state index contributed by atoms with van der Waals surface area (Å²) in [4.78, 5) is 10.5. The molecule has 0 rings (SSSR count). The van der Waals surface area contributed by atoms with E-state index in [9.17, 15) is 4.79 Å². The van der Waals surface area contributed by atoms with Gasteiger partial charge in [-0.1, -0.05) is 19.8 Å². The lowest BCUT2D eigenvalue weighted by molar-refractivity contribution is -0.119. The van der Waals surface area contributed by atoms with E-state index in [0.29, 0.717) is 6.42 Å². The van der Waals surface area contributed by atoms with Crippen molar-refractivity contribution in [2.75, 3.05) is 0 Å². The summed E-state index contributed by atoms with van der Waals surface area (Å²) in [5, 5.41) is 0. The van der Waals surface area contributed by atoms with Crippen LogP contribution in [0.5, 0.6) is 0 Å². The monoisotopic (exact) mass is 193 g/mol. The molecule has 2 nitrogen and oxygen atoms in total. The second-order valence-electron chi connectivity index (χ2n) is 1.97. The first-order valence-corrected chi connectivity index (χ1v) is 4.00. The van der Waals surface area contributed by atoms with Crippen molar-refractivity contribution in [1.82, 2.24) is 4.34 Å². The van der Waals surface area contributed by atoms with E-state index >= 15 is 0 Å². The largest absolute Gasteiger partial charge is 0.293 e. The third kappa shape index (κ3) is 5.83. The fourth-order valence-electron chi connectivity index (χ4n) is 0.583. The number of amides is 1. The molecule has 0 aliphatic carbocycles. The molecular formula is C6H12BrNO. The zero-order chi connectivity index (χ0) is 7.11. The van der Waals surface area contributed by atoms with Crippen molar-refractivity contribution in [1.29, 1.82) is 0 Å². The second kappa shape index (κ2) is 6.08. The third-order valence-electron chi connectivity index (χ3n) is 1.11. The van der Waals surface area contributed by atoms with E-state index in [0.717, 1.165) is 19.3 Å². The Morgan fingerprint density at radius 3 is 2.67 bits per heavy atom. The number of carbonyl (C=O) groups excluding carboxylic acids is 1. The number of rotatable bonds is 4. The molecule has 0 bridgehead atoms. The number of nitrogens with one attached hydrogen (secondary N) is 1.